The lowest BCUT2D eigenvalue weighted by Gasteiger charge is -2.14. The minimum atomic E-state index is -3.99. The monoisotopic (exact) mass is 552 g/mol. The SMILES string of the molecule is O=C(COc1ccc(/C(=C\C2CCCC2)c2ccc(C3CC3)c(=O)[nH]2)cc1Cl)NS(=O)(=O)c1ccccc1. The lowest BCUT2D eigenvalue weighted by molar-refractivity contribution is -0.121. The van der Waals surface area contributed by atoms with Crippen molar-refractivity contribution in [1.29, 1.82) is 0 Å². The molecule has 38 heavy (non-hydrogen) atoms. The molecule has 0 aliphatic heterocycles. The van der Waals surface area contributed by atoms with Gasteiger partial charge in [0.05, 0.1) is 9.92 Å². The van der Waals surface area contributed by atoms with E-state index in [0.717, 1.165) is 48.1 Å². The molecule has 2 aliphatic carbocycles. The first-order valence-corrected chi connectivity index (χ1v) is 14.6. The van der Waals surface area contributed by atoms with Gasteiger partial charge in [0.1, 0.15) is 5.75 Å². The Labute approximate surface area is 226 Å². The summed E-state index contributed by atoms with van der Waals surface area (Å²) in [7, 11) is -3.99. The van der Waals surface area contributed by atoms with Crippen LogP contribution >= 0.6 is 11.6 Å². The molecule has 0 spiro atoms. The molecule has 2 aliphatic rings. The number of carbonyl (C=O) groups is 1. The van der Waals surface area contributed by atoms with E-state index in [4.69, 9.17) is 16.3 Å². The van der Waals surface area contributed by atoms with Gasteiger partial charge in [0.25, 0.3) is 21.5 Å². The van der Waals surface area contributed by atoms with E-state index in [0.29, 0.717) is 11.8 Å². The van der Waals surface area contributed by atoms with E-state index >= 15 is 0 Å². The van der Waals surface area contributed by atoms with Crippen molar-refractivity contribution in [3.63, 3.8) is 0 Å². The number of rotatable bonds is 9. The first-order valence-electron chi connectivity index (χ1n) is 12.8. The topological polar surface area (TPSA) is 105 Å². The number of sulfonamides is 1. The van der Waals surface area contributed by atoms with Gasteiger partial charge in [-0.05, 0) is 73.4 Å². The van der Waals surface area contributed by atoms with Crippen molar-refractivity contribution in [2.24, 2.45) is 5.92 Å². The Morgan fingerprint density at radius 2 is 1.76 bits per heavy atom. The zero-order valence-electron chi connectivity index (χ0n) is 20.8. The molecule has 1 heterocycles. The number of benzene rings is 2. The third-order valence-electron chi connectivity index (χ3n) is 6.95. The van der Waals surface area contributed by atoms with Gasteiger partial charge in [-0.25, -0.2) is 13.1 Å². The molecule has 2 fully saturated rings. The van der Waals surface area contributed by atoms with Crippen molar-refractivity contribution in [2.75, 3.05) is 6.61 Å². The molecule has 198 valence electrons. The molecular weight excluding hydrogens is 524 g/mol. The quantitative estimate of drug-likeness (QED) is 0.369. The van der Waals surface area contributed by atoms with E-state index in [1.165, 1.54) is 25.0 Å². The predicted molar refractivity (Wildman–Crippen MR) is 147 cm³/mol. The number of H-pyrrole nitrogens is 1. The molecule has 9 heteroatoms. The fourth-order valence-corrected chi connectivity index (χ4v) is 6.05. The molecule has 0 unspecified atom stereocenters. The minimum Gasteiger partial charge on any atom is -0.482 e. The summed E-state index contributed by atoms with van der Waals surface area (Å²) in [5.41, 5.74) is 3.24. The van der Waals surface area contributed by atoms with Crippen LogP contribution in [0.1, 0.15) is 61.3 Å². The number of aromatic nitrogens is 1. The number of hydrogen-bond acceptors (Lipinski definition) is 5. The van der Waals surface area contributed by atoms with E-state index in [1.54, 1.807) is 30.3 Å². The average molecular weight is 553 g/mol. The van der Waals surface area contributed by atoms with Crippen LogP contribution in [0.4, 0.5) is 0 Å². The van der Waals surface area contributed by atoms with E-state index in [-0.39, 0.29) is 21.2 Å². The fourth-order valence-electron chi connectivity index (χ4n) is 4.83. The predicted octanol–water partition coefficient (Wildman–Crippen LogP) is 5.41. The van der Waals surface area contributed by atoms with Gasteiger partial charge in [-0.15, -0.1) is 0 Å². The number of allylic oxidation sites excluding steroid dienone is 1. The van der Waals surface area contributed by atoms with Gasteiger partial charge in [-0.1, -0.05) is 60.9 Å². The van der Waals surface area contributed by atoms with Crippen LogP contribution in [0.15, 0.2) is 76.4 Å². The van der Waals surface area contributed by atoms with E-state index in [1.807, 2.05) is 22.9 Å². The van der Waals surface area contributed by atoms with E-state index in [2.05, 4.69) is 11.1 Å². The second kappa shape index (κ2) is 11.2. The summed E-state index contributed by atoms with van der Waals surface area (Å²) in [6, 6.07) is 16.7. The Balaban J connectivity index is 1.33. The van der Waals surface area contributed by atoms with Gasteiger partial charge in [0.2, 0.25) is 0 Å². The number of amides is 1. The van der Waals surface area contributed by atoms with Gasteiger partial charge >= 0.3 is 0 Å². The zero-order chi connectivity index (χ0) is 26.7. The standard InChI is InChI=1S/C29H29ClN2O5S/c30-25-17-21(12-15-27(25)37-18-28(33)32-38(35,36)22-8-2-1-3-9-22)24(16-19-6-4-5-7-19)26-14-13-23(20-10-11-20)29(34)31-26/h1-3,8-9,12-17,19-20H,4-7,10-11,18H2,(H,31,34)(H,32,33)/b24-16+. The molecule has 0 radical (unpaired) electrons. The van der Waals surface area contributed by atoms with Crippen LogP contribution in [0.5, 0.6) is 5.75 Å². The summed E-state index contributed by atoms with van der Waals surface area (Å²) in [5, 5.41) is 0.274. The fraction of sp³-hybridized carbons (Fsp3) is 0.310. The second-order valence-corrected chi connectivity index (χ2v) is 11.9. The lowest BCUT2D eigenvalue weighted by Crippen LogP contribution is -2.34. The molecule has 5 rings (SSSR count). The molecule has 1 amide bonds. The highest BCUT2D eigenvalue weighted by molar-refractivity contribution is 7.90. The van der Waals surface area contributed by atoms with Crippen molar-refractivity contribution in [3.8, 4) is 5.75 Å². The molecule has 0 bridgehead atoms. The molecular formula is C29H29ClN2O5S. The summed E-state index contributed by atoms with van der Waals surface area (Å²) in [4.78, 5) is 28.1. The average Bonchev–Trinajstić information content (AvgIpc) is 3.61. The summed E-state index contributed by atoms with van der Waals surface area (Å²) in [6.07, 6.45) is 8.89. The molecule has 2 N–H and O–H groups in total. The number of pyridine rings is 1. The number of halogens is 1. The maximum absolute atomic E-state index is 12.7. The second-order valence-electron chi connectivity index (χ2n) is 9.83. The smallest absolute Gasteiger partial charge is 0.271 e. The van der Waals surface area contributed by atoms with Gasteiger partial charge in [0.15, 0.2) is 6.61 Å². The van der Waals surface area contributed by atoms with Gasteiger partial charge < -0.3 is 9.72 Å². The lowest BCUT2D eigenvalue weighted by atomic mass is 9.95. The van der Waals surface area contributed by atoms with Gasteiger partial charge in [-0.2, -0.15) is 0 Å². The van der Waals surface area contributed by atoms with Crippen molar-refractivity contribution in [2.45, 2.75) is 49.3 Å². The number of ether oxygens (including phenoxy) is 1. The van der Waals surface area contributed by atoms with Crippen LogP contribution < -0.4 is 15.0 Å². The van der Waals surface area contributed by atoms with Crippen molar-refractivity contribution < 1.29 is 17.9 Å². The number of hydrogen-bond donors (Lipinski definition) is 2. The summed E-state index contributed by atoms with van der Waals surface area (Å²) in [5.74, 6) is 0.215. The van der Waals surface area contributed by atoms with Crippen molar-refractivity contribution >= 4 is 33.1 Å². The third-order valence-corrected chi connectivity index (χ3v) is 8.64. The number of carbonyl (C=O) groups excluding carboxylic acids is 1. The summed E-state index contributed by atoms with van der Waals surface area (Å²) in [6.45, 7) is -0.522. The molecule has 0 saturated heterocycles. The maximum atomic E-state index is 12.7. The molecule has 1 aromatic heterocycles. The maximum Gasteiger partial charge on any atom is 0.271 e. The molecule has 2 aromatic carbocycles. The number of aromatic amines is 1. The molecule has 0 atom stereocenters. The van der Waals surface area contributed by atoms with Crippen LogP contribution in [-0.4, -0.2) is 25.9 Å². The Hall–Kier alpha value is -3.36. The highest BCUT2D eigenvalue weighted by Gasteiger charge is 2.26. The van der Waals surface area contributed by atoms with E-state index < -0.39 is 22.5 Å². The third kappa shape index (κ3) is 6.19. The van der Waals surface area contributed by atoms with Crippen LogP contribution in [0.3, 0.4) is 0 Å². The summed E-state index contributed by atoms with van der Waals surface area (Å²) >= 11 is 6.52. The first kappa shape index (κ1) is 26.3. The van der Waals surface area contributed by atoms with Crippen LogP contribution in [-0.2, 0) is 14.8 Å². The Morgan fingerprint density at radius 1 is 1.03 bits per heavy atom. The van der Waals surface area contributed by atoms with Crippen molar-refractivity contribution in [3.05, 3.63) is 98.9 Å². The largest absolute Gasteiger partial charge is 0.482 e. The van der Waals surface area contributed by atoms with Gasteiger partial charge in [-0.3, -0.25) is 9.59 Å². The Bertz CT molecular complexity index is 1520. The summed E-state index contributed by atoms with van der Waals surface area (Å²) < 4.78 is 32.3. The molecule has 7 nitrogen and oxygen atoms in total. The zero-order valence-corrected chi connectivity index (χ0v) is 22.4. The van der Waals surface area contributed by atoms with Crippen LogP contribution in [0.25, 0.3) is 5.57 Å². The van der Waals surface area contributed by atoms with Crippen LogP contribution in [0.2, 0.25) is 5.02 Å². The normalized spacial score (nSPS) is 16.4. The van der Waals surface area contributed by atoms with Crippen LogP contribution in [0, 0.1) is 5.92 Å². The molecule has 3 aromatic rings. The van der Waals surface area contributed by atoms with Crippen molar-refractivity contribution in [1.82, 2.24) is 9.71 Å². The molecule has 2 saturated carbocycles. The first-order chi connectivity index (χ1) is 18.3. The highest BCUT2D eigenvalue weighted by Crippen LogP contribution is 2.39. The minimum absolute atomic E-state index is 0.0134. The van der Waals surface area contributed by atoms with Gasteiger partial charge in [0, 0.05) is 16.8 Å². The Morgan fingerprint density at radius 3 is 2.42 bits per heavy atom. The Kier molecular flexibility index (Phi) is 7.72. The highest BCUT2D eigenvalue weighted by atomic mass is 35.5. The number of nitrogens with one attached hydrogen (secondary N) is 2. The van der Waals surface area contributed by atoms with E-state index in [9.17, 15) is 18.0 Å².